The highest BCUT2D eigenvalue weighted by Crippen LogP contribution is 2.39. The molecule has 1 aliphatic carbocycles. The van der Waals surface area contributed by atoms with Crippen molar-refractivity contribution in [2.45, 2.75) is 90.8 Å². The van der Waals surface area contributed by atoms with Crippen molar-refractivity contribution in [1.29, 1.82) is 0 Å². The van der Waals surface area contributed by atoms with E-state index in [1.165, 1.54) is 0 Å². The molecule has 27 heavy (non-hydrogen) atoms. The van der Waals surface area contributed by atoms with Gasteiger partial charge in [0, 0.05) is 6.04 Å². The number of hydrogen-bond acceptors (Lipinski definition) is 5. The Hall–Kier alpha value is -1.63. The van der Waals surface area contributed by atoms with Gasteiger partial charge in [-0.2, -0.15) is 0 Å². The quantitative estimate of drug-likeness (QED) is 0.681. The molecular weight excluding hydrogens is 348 g/mol. The number of ether oxygens (including phenoxy) is 1. The van der Waals surface area contributed by atoms with E-state index in [9.17, 15) is 19.5 Å². The number of likely N-dealkylation sites (tertiary alicyclic amines) is 1. The normalized spacial score (nSPS) is 26.3. The van der Waals surface area contributed by atoms with Crippen molar-refractivity contribution in [3.05, 3.63) is 0 Å². The highest BCUT2D eigenvalue weighted by Gasteiger charge is 2.47. The second-order valence-electron chi connectivity index (χ2n) is 7.68. The Morgan fingerprint density at radius 1 is 1.19 bits per heavy atom. The van der Waals surface area contributed by atoms with Gasteiger partial charge in [-0.25, -0.2) is 4.79 Å². The average Bonchev–Trinajstić information content (AvgIpc) is 3.01. The van der Waals surface area contributed by atoms with E-state index in [1.807, 2.05) is 13.8 Å². The van der Waals surface area contributed by atoms with Gasteiger partial charge in [0.2, 0.25) is 5.91 Å². The Balaban J connectivity index is 0.000000314. The van der Waals surface area contributed by atoms with Gasteiger partial charge in [0.05, 0.1) is 18.6 Å². The number of carbonyl (C=O) groups excluding carboxylic acids is 2. The standard InChI is InChI=1S/C12H20N2O3.C8H16O2/c1-7(13)11(15)14-9-5-3-2-4-8(9)6-10(14)12(16)17;1-4-6-7(3)8(9)10-5-2/h7-10H,2-6,13H2,1H3,(H,16,17);7H,4-6H2,1-3H3/t7-,8-,9-,10-;7-/m00/s1. The molecule has 3 N–H and O–H groups in total. The summed E-state index contributed by atoms with van der Waals surface area (Å²) in [5, 5.41) is 9.23. The number of nitrogens with zero attached hydrogens (tertiary/aromatic N) is 1. The van der Waals surface area contributed by atoms with Crippen LogP contribution in [0.1, 0.15) is 72.6 Å². The van der Waals surface area contributed by atoms with E-state index < -0.39 is 18.1 Å². The summed E-state index contributed by atoms with van der Waals surface area (Å²) in [4.78, 5) is 35.8. The molecule has 2 aliphatic rings. The van der Waals surface area contributed by atoms with Gasteiger partial charge in [0.25, 0.3) is 0 Å². The second-order valence-corrected chi connectivity index (χ2v) is 7.68. The molecule has 0 bridgehead atoms. The molecule has 1 saturated heterocycles. The zero-order chi connectivity index (χ0) is 20.6. The molecule has 0 aromatic rings. The fourth-order valence-electron chi connectivity index (χ4n) is 4.07. The first-order chi connectivity index (χ1) is 12.7. The predicted octanol–water partition coefficient (Wildman–Crippen LogP) is 2.56. The summed E-state index contributed by atoms with van der Waals surface area (Å²) >= 11 is 0. The fourth-order valence-corrected chi connectivity index (χ4v) is 4.07. The zero-order valence-corrected chi connectivity index (χ0v) is 17.1. The molecule has 2 fully saturated rings. The zero-order valence-electron chi connectivity index (χ0n) is 17.1. The molecule has 0 aromatic carbocycles. The maximum Gasteiger partial charge on any atom is 0.326 e. The Morgan fingerprint density at radius 2 is 1.81 bits per heavy atom. The Bertz CT molecular complexity index is 509. The lowest BCUT2D eigenvalue weighted by Crippen LogP contribution is -2.51. The Labute approximate surface area is 162 Å². The average molecular weight is 385 g/mol. The van der Waals surface area contributed by atoms with Crippen molar-refractivity contribution in [2.24, 2.45) is 17.6 Å². The smallest absolute Gasteiger partial charge is 0.326 e. The third-order valence-electron chi connectivity index (χ3n) is 5.43. The van der Waals surface area contributed by atoms with E-state index in [0.717, 1.165) is 38.5 Å². The van der Waals surface area contributed by atoms with E-state index >= 15 is 0 Å². The van der Waals surface area contributed by atoms with Crippen LogP contribution >= 0.6 is 0 Å². The van der Waals surface area contributed by atoms with Crippen LogP contribution in [0.15, 0.2) is 0 Å². The highest BCUT2D eigenvalue weighted by atomic mass is 16.5. The van der Waals surface area contributed by atoms with Crippen LogP contribution in [-0.4, -0.2) is 52.6 Å². The number of carbonyl (C=O) groups is 3. The largest absolute Gasteiger partial charge is 0.480 e. The number of esters is 1. The van der Waals surface area contributed by atoms with Crippen LogP contribution in [0.2, 0.25) is 0 Å². The van der Waals surface area contributed by atoms with Crippen LogP contribution in [0, 0.1) is 11.8 Å². The fraction of sp³-hybridized carbons (Fsp3) is 0.850. The van der Waals surface area contributed by atoms with Crippen LogP contribution in [0.25, 0.3) is 0 Å². The van der Waals surface area contributed by atoms with Gasteiger partial charge in [-0.3, -0.25) is 9.59 Å². The van der Waals surface area contributed by atoms with E-state index in [2.05, 4.69) is 6.92 Å². The number of aliphatic carboxylic acids is 1. The van der Waals surface area contributed by atoms with Gasteiger partial charge in [-0.15, -0.1) is 0 Å². The monoisotopic (exact) mass is 384 g/mol. The molecule has 1 aliphatic heterocycles. The molecular formula is C20H36N2O5. The molecule has 7 nitrogen and oxygen atoms in total. The summed E-state index contributed by atoms with van der Waals surface area (Å²) in [6, 6.07) is -1.18. The summed E-state index contributed by atoms with van der Waals surface area (Å²) in [5.41, 5.74) is 5.62. The van der Waals surface area contributed by atoms with Crippen LogP contribution in [0.5, 0.6) is 0 Å². The second kappa shape index (κ2) is 11.3. The number of carboxylic acid groups (broad SMARTS) is 1. The first-order valence-corrected chi connectivity index (χ1v) is 10.2. The summed E-state index contributed by atoms with van der Waals surface area (Å²) < 4.78 is 4.82. The molecule has 2 rings (SSSR count). The van der Waals surface area contributed by atoms with Gasteiger partial charge in [0.15, 0.2) is 0 Å². The molecule has 7 heteroatoms. The minimum atomic E-state index is -0.895. The Kier molecular flexibility index (Phi) is 9.77. The number of amides is 1. The van der Waals surface area contributed by atoms with Gasteiger partial charge in [-0.1, -0.05) is 33.1 Å². The van der Waals surface area contributed by atoms with Gasteiger partial charge in [0.1, 0.15) is 6.04 Å². The number of hydrogen-bond donors (Lipinski definition) is 2. The summed E-state index contributed by atoms with van der Waals surface area (Å²) in [6.07, 6.45) is 6.76. The maximum atomic E-state index is 12.1. The van der Waals surface area contributed by atoms with Gasteiger partial charge in [-0.05, 0) is 45.4 Å². The molecule has 1 amide bonds. The van der Waals surface area contributed by atoms with E-state index in [1.54, 1.807) is 11.8 Å². The lowest BCUT2D eigenvalue weighted by molar-refractivity contribution is -0.150. The topological polar surface area (TPSA) is 110 Å². The Morgan fingerprint density at radius 3 is 2.33 bits per heavy atom. The number of rotatable bonds is 6. The van der Waals surface area contributed by atoms with E-state index in [0.29, 0.717) is 18.9 Å². The van der Waals surface area contributed by atoms with Gasteiger partial charge >= 0.3 is 11.9 Å². The van der Waals surface area contributed by atoms with Crippen molar-refractivity contribution in [2.75, 3.05) is 6.61 Å². The maximum absolute atomic E-state index is 12.1. The summed E-state index contributed by atoms with van der Waals surface area (Å²) in [6.45, 7) is 7.91. The SMILES string of the molecule is CCC[C@H](C)C(=O)OCC.C[C@H](N)C(=O)N1[C@H](C(=O)O)C[C@@H]2CCCC[C@@H]21. The number of fused-ring (bicyclic) bond motifs is 1. The first kappa shape index (κ1) is 23.4. The molecule has 0 unspecified atom stereocenters. The van der Waals surface area contributed by atoms with Gasteiger partial charge < -0.3 is 20.5 Å². The van der Waals surface area contributed by atoms with E-state index in [-0.39, 0.29) is 23.8 Å². The van der Waals surface area contributed by atoms with Crippen LogP contribution in [-0.2, 0) is 19.1 Å². The van der Waals surface area contributed by atoms with Crippen molar-refractivity contribution in [3.8, 4) is 0 Å². The van der Waals surface area contributed by atoms with Crippen LogP contribution in [0.3, 0.4) is 0 Å². The third kappa shape index (κ3) is 6.48. The third-order valence-corrected chi connectivity index (χ3v) is 5.43. The molecule has 0 radical (unpaired) electrons. The molecule has 0 aromatic heterocycles. The van der Waals surface area contributed by atoms with Crippen LogP contribution < -0.4 is 5.73 Å². The summed E-state index contributed by atoms with van der Waals surface area (Å²) in [5.74, 6) is -0.748. The molecule has 1 heterocycles. The van der Waals surface area contributed by atoms with Crippen molar-refractivity contribution in [3.63, 3.8) is 0 Å². The molecule has 0 spiro atoms. The first-order valence-electron chi connectivity index (χ1n) is 10.2. The molecule has 156 valence electrons. The number of nitrogens with two attached hydrogens (primary N) is 1. The predicted molar refractivity (Wildman–Crippen MR) is 103 cm³/mol. The minimum absolute atomic E-state index is 0.0654. The number of carboxylic acids is 1. The van der Waals surface area contributed by atoms with Crippen molar-refractivity contribution < 1.29 is 24.2 Å². The van der Waals surface area contributed by atoms with Crippen molar-refractivity contribution in [1.82, 2.24) is 4.90 Å². The van der Waals surface area contributed by atoms with E-state index in [4.69, 9.17) is 10.5 Å². The van der Waals surface area contributed by atoms with Crippen molar-refractivity contribution >= 4 is 17.8 Å². The van der Waals surface area contributed by atoms with Crippen LogP contribution in [0.4, 0.5) is 0 Å². The minimum Gasteiger partial charge on any atom is -0.480 e. The lowest BCUT2D eigenvalue weighted by atomic mass is 9.84. The lowest BCUT2D eigenvalue weighted by Gasteiger charge is -2.33. The molecule has 1 saturated carbocycles. The summed E-state index contributed by atoms with van der Waals surface area (Å²) in [7, 11) is 0. The highest BCUT2D eigenvalue weighted by molar-refractivity contribution is 5.87. The molecule has 5 atom stereocenters.